The molecule has 1 aromatic heterocycles. The number of carbonyl (C=O) groups excluding carboxylic acids is 4. The summed E-state index contributed by atoms with van der Waals surface area (Å²) >= 11 is 3.77. The summed E-state index contributed by atoms with van der Waals surface area (Å²) in [5.74, 6) is -0.187. The van der Waals surface area contributed by atoms with Gasteiger partial charge in [-0.2, -0.15) is 0 Å². The third kappa shape index (κ3) is 8.68. The van der Waals surface area contributed by atoms with Gasteiger partial charge in [0.1, 0.15) is 17.4 Å². The van der Waals surface area contributed by atoms with E-state index in [4.69, 9.17) is 4.42 Å². The summed E-state index contributed by atoms with van der Waals surface area (Å²) in [7, 11) is 3.89. The zero-order chi connectivity index (χ0) is 40.9. The number of anilines is 3. The Morgan fingerprint density at radius 2 is 1.59 bits per heavy atom. The number of halogens is 1. The van der Waals surface area contributed by atoms with Crippen LogP contribution in [0.5, 0.6) is 0 Å². The predicted molar refractivity (Wildman–Crippen MR) is 234 cm³/mol. The Bertz CT molecular complexity index is 2310. The number of imide groups is 1. The molecule has 0 aliphatic carbocycles. The van der Waals surface area contributed by atoms with Gasteiger partial charge in [-0.1, -0.05) is 60.7 Å². The Kier molecular flexibility index (Phi) is 12.6. The highest BCUT2D eigenvalue weighted by atomic mass is 79.9. The normalized spacial score (nSPS) is 16.4. The molecule has 4 amide bonds. The standard InChI is InChI=1S/C46H51BrN6O5/c1-5-52(6-2)37-16-8-7-12-31(37)27-41(55)53-25-11-17-38(53)46(57)49-33-22-23-39-35(28-33)42(47)44(58-39)30-20-18-29(19-21-30)34-14-9-13-32(43(34)51(3)4)26-40(54)50-45(56)36-15-10-24-48-36/h7-9,12-14,16,18-23,28,36,38,48H,5-6,10-11,15,17,24-27H2,1-4H3,(H,49,57)(H,50,54,56)/t36?,38-/m0/s1. The highest BCUT2D eigenvalue weighted by Crippen LogP contribution is 2.41. The van der Waals surface area contributed by atoms with Gasteiger partial charge >= 0.3 is 0 Å². The molecule has 0 bridgehead atoms. The molecular weight excluding hydrogens is 796 g/mol. The average Bonchev–Trinajstić information content (AvgIpc) is 4.01. The average molecular weight is 848 g/mol. The van der Waals surface area contributed by atoms with Gasteiger partial charge in [-0.3, -0.25) is 24.5 Å². The van der Waals surface area contributed by atoms with Gasteiger partial charge in [0.05, 0.1) is 23.4 Å². The lowest BCUT2D eigenvalue weighted by Crippen LogP contribution is -2.44. The number of nitrogens with one attached hydrogen (secondary N) is 3. The van der Waals surface area contributed by atoms with Crippen LogP contribution in [0.25, 0.3) is 33.4 Å². The molecule has 2 fully saturated rings. The topological polar surface area (TPSA) is 127 Å². The molecule has 0 saturated carbocycles. The van der Waals surface area contributed by atoms with Gasteiger partial charge in [-0.25, -0.2) is 0 Å². The van der Waals surface area contributed by atoms with Gasteiger partial charge < -0.3 is 29.8 Å². The minimum Gasteiger partial charge on any atom is -0.455 e. The molecule has 2 aliphatic heterocycles. The summed E-state index contributed by atoms with van der Waals surface area (Å²) in [4.78, 5) is 58.8. The van der Waals surface area contributed by atoms with Crippen LogP contribution in [0.4, 0.5) is 17.1 Å². The van der Waals surface area contributed by atoms with Gasteiger partial charge in [-0.05, 0) is 103 Å². The van der Waals surface area contributed by atoms with Gasteiger partial charge in [0.2, 0.25) is 23.6 Å². The molecule has 2 atom stereocenters. The molecule has 0 radical (unpaired) electrons. The molecule has 11 nitrogen and oxygen atoms in total. The number of nitrogens with zero attached hydrogens (tertiary/aromatic N) is 3. The van der Waals surface area contributed by atoms with Crippen LogP contribution >= 0.6 is 15.9 Å². The van der Waals surface area contributed by atoms with Crippen LogP contribution in [0.3, 0.4) is 0 Å². The van der Waals surface area contributed by atoms with Crippen LogP contribution in [0.1, 0.15) is 50.7 Å². The fourth-order valence-electron chi connectivity index (χ4n) is 8.34. The van der Waals surface area contributed by atoms with Crippen LogP contribution in [-0.4, -0.2) is 80.9 Å². The maximum atomic E-state index is 13.7. The largest absolute Gasteiger partial charge is 0.455 e. The van der Waals surface area contributed by atoms with E-state index in [9.17, 15) is 19.2 Å². The summed E-state index contributed by atoms with van der Waals surface area (Å²) in [6, 6.07) is 26.6. The number of para-hydroxylation sites is 2. The van der Waals surface area contributed by atoms with Crippen LogP contribution in [-0.2, 0) is 32.0 Å². The SMILES string of the molecule is CCN(CC)c1ccccc1CC(=O)N1CCC[C@H]1C(=O)Nc1ccc2oc(-c3ccc(-c4cccc(CC(=O)NC(=O)C5CCCN5)c4N(C)C)cc3)c(Br)c2c1. The number of benzene rings is 4. The van der Waals surface area contributed by atoms with Gasteiger partial charge in [0.25, 0.3) is 0 Å². The summed E-state index contributed by atoms with van der Waals surface area (Å²) in [5.41, 5.74) is 7.83. The van der Waals surface area contributed by atoms with E-state index in [0.29, 0.717) is 30.0 Å². The minimum atomic E-state index is -0.542. The number of hydrogen-bond acceptors (Lipinski definition) is 8. The monoisotopic (exact) mass is 846 g/mol. The lowest BCUT2D eigenvalue weighted by atomic mass is 9.96. The number of hydrogen-bond donors (Lipinski definition) is 3. The third-order valence-electron chi connectivity index (χ3n) is 11.2. The molecule has 2 saturated heterocycles. The second kappa shape index (κ2) is 18.0. The van der Waals surface area contributed by atoms with Crippen molar-refractivity contribution in [3.63, 3.8) is 0 Å². The molecular formula is C46H51BrN6O5. The fourth-order valence-corrected chi connectivity index (χ4v) is 8.96. The van der Waals surface area contributed by atoms with Crippen molar-refractivity contribution in [1.29, 1.82) is 0 Å². The van der Waals surface area contributed by atoms with E-state index in [-0.39, 0.29) is 42.5 Å². The van der Waals surface area contributed by atoms with E-state index in [2.05, 4.69) is 56.7 Å². The van der Waals surface area contributed by atoms with Crippen LogP contribution in [0.2, 0.25) is 0 Å². The van der Waals surface area contributed by atoms with Crippen molar-refractivity contribution in [2.45, 2.75) is 64.5 Å². The molecule has 58 heavy (non-hydrogen) atoms. The van der Waals surface area contributed by atoms with Crippen molar-refractivity contribution in [3.05, 3.63) is 101 Å². The van der Waals surface area contributed by atoms with Crippen molar-refractivity contribution in [3.8, 4) is 22.5 Å². The van der Waals surface area contributed by atoms with E-state index in [1.807, 2.05) is 97.9 Å². The number of carbonyl (C=O) groups is 4. The molecule has 3 N–H and O–H groups in total. The van der Waals surface area contributed by atoms with Gasteiger partial charge in [0, 0.05) is 67.3 Å². The molecule has 302 valence electrons. The zero-order valence-electron chi connectivity index (χ0n) is 33.6. The predicted octanol–water partition coefficient (Wildman–Crippen LogP) is 7.55. The first-order valence-electron chi connectivity index (χ1n) is 20.2. The maximum Gasteiger partial charge on any atom is 0.247 e. The number of rotatable bonds is 13. The van der Waals surface area contributed by atoms with Crippen LogP contribution in [0, 0.1) is 0 Å². The fraction of sp³-hybridized carbons (Fsp3) is 0.348. The zero-order valence-corrected chi connectivity index (χ0v) is 35.2. The molecule has 4 aromatic carbocycles. The van der Waals surface area contributed by atoms with Gasteiger partial charge in [-0.15, -0.1) is 0 Å². The molecule has 2 aliphatic rings. The smallest absolute Gasteiger partial charge is 0.247 e. The quantitative estimate of drug-likeness (QED) is 0.111. The Labute approximate surface area is 348 Å². The number of fused-ring (bicyclic) bond motifs is 1. The molecule has 3 heterocycles. The molecule has 0 spiro atoms. The van der Waals surface area contributed by atoms with Crippen LogP contribution in [0.15, 0.2) is 93.8 Å². The van der Waals surface area contributed by atoms with E-state index < -0.39 is 6.04 Å². The Hall–Kier alpha value is -5.46. The summed E-state index contributed by atoms with van der Waals surface area (Å²) in [5, 5.41) is 9.60. The van der Waals surface area contributed by atoms with Crippen molar-refractivity contribution < 1.29 is 23.6 Å². The summed E-state index contributed by atoms with van der Waals surface area (Å²) < 4.78 is 7.09. The Balaban J connectivity index is 1.04. The Morgan fingerprint density at radius 3 is 2.31 bits per heavy atom. The van der Waals surface area contributed by atoms with Gasteiger partial charge in [0.15, 0.2) is 0 Å². The number of likely N-dealkylation sites (tertiary alicyclic amines) is 1. The molecule has 12 heteroatoms. The highest BCUT2D eigenvalue weighted by Gasteiger charge is 2.34. The number of furan rings is 1. The highest BCUT2D eigenvalue weighted by molar-refractivity contribution is 9.10. The maximum absolute atomic E-state index is 13.7. The first-order valence-corrected chi connectivity index (χ1v) is 21.0. The van der Waals surface area contributed by atoms with E-state index in [1.54, 1.807) is 4.90 Å². The van der Waals surface area contributed by atoms with E-state index in [1.165, 1.54) is 0 Å². The van der Waals surface area contributed by atoms with Crippen LogP contribution < -0.4 is 25.8 Å². The molecule has 5 aromatic rings. The lowest BCUT2D eigenvalue weighted by Gasteiger charge is -2.27. The third-order valence-corrected chi connectivity index (χ3v) is 12.0. The van der Waals surface area contributed by atoms with Crippen molar-refractivity contribution in [1.82, 2.24) is 15.5 Å². The second-order valence-electron chi connectivity index (χ2n) is 15.2. The van der Waals surface area contributed by atoms with E-state index in [0.717, 1.165) is 87.9 Å². The van der Waals surface area contributed by atoms with E-state index >= 15 is 0 Å². The first kappa shape index (κ1) is 40.7. The van der Waals surface area contributed by atoms with Crippen molar-refractivity contribution >= 4 is 67.6 Å². The minimum absolute atomic E-state index is 0.0422. The molecule has 1 unspecified atom stereocenters. The summed E-state index contributed by atoms with van der Waals surface area (Å²) in [6.45, 7) is 7.25. The van der Waals surface area contributed by atoms with Crippen molar-refractivity contribution in [2.75, 3.05) is 55.4 Å². The second-order valence-corrected chi connectivity index (χ2v) is 16.0. The lowest BCUT2D eigenvalue weighted by molar-refractivity contribution is -0.136. The molecule has 7 rings (SSSR count). The Morgan fingerprint density at radius 1 is 0.845 bits per heavy atom. The number of amides is 4. The first-order chi connectivity index (χ1) is 28.1. The summed E-state index contributed by atoms with van der Waals surface area (Å²) in [6.07, 6.45) is 3.37. The van der Waals surface area contributed by atoms with Crippen molar-refractivity contribution in [2.24, 2.45) is 0 Å².